The van der Waals surface area contributed by atoms with E-state index in [4.69, 9.17) is 4.74 Å². The first kappa shape index (κ1) is 14.2. The molecule has 0 bridgehead atoms. The predicted molar refractivity (Wildman–Crippen MR) is 67.5 cm³/mol. The molecule has 0 amide bonds. The molecule has 1 rings (SSSR count). The van der Waals surface area contributed by atoms with Crippen molar-refractivity contribution < 1.29 is 19.1 Å². The van der Waals surface area contributed by atoms with E-state index >= 15 is 0 Å². The standard InChI is InChI=1S/C14H18O4/c1-11-7-3-4-9-13(11)18-10-6-5-8-12(15)14(16)17-2/h3-4,7,9H,5-6,8,10H2,1-2H3. The molecule has 98 valence electrons. The maximum atomic E-state index is 11.1. The third kappa shape index (κ3) is 4.57. The van der Waals surface area contributed by atoms with Crippen LogP contribution in [0, 0.1) is 6.92 Å². The van der Waals surface area contributed by atoms with E-state index in [2.05, 4.69) is 4.74 Å². The van der Waals surface area contributed by atoms with Crippen molar-refractivity contribution in [2.24, 2.45) is 0 Å². The van der Waals surface area contributed by atoms with Crippen molar-refractivity contribution in [1.29, 1.82) is 0 Å². The van der Waals surface area contributed by atoms with E-state index in [0.717, 1.165) is 17.7 Å². The van der Waals surface area contributed by atoms with Crippen LogP contribution in [0.3, 0.4) is 0 Å². The Hall–Kier alpha value is -1.84. The highest BCUT2D eigenvalue weighted by Gasteiger charge is 2.12. The summed E-state index contributed by atoms with van der Waals surface area (Å²) in [5.41, 5.74) is 1.09. The molecule has 4 nitrogen and oxygen atoms in total. The first-order valence-electron chi connectivity index (χ1n) is 5.94. The van der Waals surface area contributed by atoms with Gasteiger partial charge in [0, 0.05) is 6.42 Å². The van der Waals surface area contributed by atoms with Crippen LogP contribution >= 0.6 is 0 Å². The second-order valence-electron chi connectivity index (χ2n) is 3.99. The van der Waals surface area contributed by atoms with Crippen molar-refractivity contribution in [2.75, 3.05) is 13.7 Å². The monoisotopic (exact) mass is 250 g/mol. The number of esters is 1. The summed E-state index contributed by atoms with van der Waals surface area (Å²) < 4.78 is 9.91. The van der Waals surface area contributed by atoms with Crippen LogP contribution < -0.4 is 4.74 Å². The zero-order valence-corrected chi connectivity index (χ0v) is 10.8. The first-order chi connectivity index (χ1) is 8.65. The Morgan fingerprint density at radius 2 is 1.89 bits per heavy atom. The number of ketones is 1. The molecule has 0 N–H and O–H groups in total. The summed E-state index contributed by atoms with van der Waals surface area (Å²) in [7, 11) is 1.21. The highest BCUT2D eigenvalue weighted by atomic mass is 16.5. The molecule has 0 radical (unpaired) electrons. The predicted octanol–water partition coefficient (Wildman–Crippen LogP) is 2.29. The Labute approximate surface area is 107 Å². The fourth-order valence-corrected chi connectivity index (χ4v) is 1.50. The van der Waals surface area contributed by atoms with Crippen LogP contribution in [0.15, 0.2) is 24.3 Å². The van der Waals surface area contributed by atoms with Gasteiger partial charge in [0.15, 0.2) is 0 Å². The van der Waals surface area contributed by atoms with Crippen molar-refractivity contribution >= 4 is 11.8 Å². The van der Waals surface area contributed by atoms with Gasteiger partial charge in [-0.2, -0.15) is 0 Å². The van der Waals surface area contributed by atoms with Crippen molar-refractivity contribution in [3.63, 3.8) is 0 Å². The molecule has 0 saturated carbocycles. The third-order valence-corrected chi connectivity index (χ3v) is 2.56. The number of ether oxygens (including phenoxy) is 2. The fourth-order valence-electron chi connectivity index (χ4n) is 1.50. The van der Waals surface area contributed by atoms with Gasteiger partial charge < -0.3 is 9.47 Å². The lowest BCUT2D eigenvalue weighted by Gasteiger charge is -2.08. The van der Waals surface area contributed by atoms with E-state index < -0.39 is 11.8 Å². The van der Waals surface area contributed by atoms with Gasteiger partial charge in [0.1, 0.15) is 5.75 Å². The topological polar surface area (TPSA) is 52.6 Å². The number of carbonyl (C=O) groups excluding carboxylic acids is 2. The lowest BCUT2D eigenvalue weighted by atomic mass is 10.2. The van der Waals surface area contributed by atoms with Crippen LogP contribution in [0.5, 0.6) is 5.75 Å². The minimum atomic E-state index is -0.769. The van der Waals surface area contributed by atoms with Gasteiger partial charge >= 0.3 is 5.97 Å². The number of hydrogen-bond donors (Lipinski definition) is 0. The maximum absolute atomic E-state index is 11.1. The molecule has 0 aliphatic heterocycles. The van der Waals surface area contributed by atoms with Gasteiger partial charge in [0.05, 0.1) is 13.7 Å². The maximum Gasteiger partial charge on any atom is 0.374 e. The number of benzene rings is 1. The Kier molecular flexibility index (Phi) is 5.91. The number of aryl methyl sites for hydroxylation is 1. The molecule has 1 aromatic carbocycles. The number of unbranched alkanes of at least 4 members (excludes halogenated alkanes) is 1. The van der Waals surface area contributed by atoms with Crippen LogP contribution in [-0.2, 0) is 14.3 Å². The molecule has 0 saturated heterocycles. The van der Waals surface area contributed by atoms with E-state index in [1.54, 1.807) is 0 Å². The fraction of sp³-hybridized carbons (Fsp3) is 0.429. The van der Waals surface area contributed by atoms with Crippen molar-refractivity contribution in [2.45, 2.75) is 26.2 Å². The number of methoxy groups -OCH3 is 1. The van der Waals surface area contributed by atoms with Crippen LogP contribution in [0.1, 0.15) is 24.8 Å². The Balaban J connectivity index is 2.18. The van der Waals surface area contributed by atoms with Gasteiger partial charge in [0.2, 0.25) is 5.78 Å². The van der Waals surface area contributed by atoms with Gasteiger partial charge in [-0.25, -0.2) is 4.79 Å². The molecule has 1 aromatic rings. The van der Waals surface area contributed by atoms with Gasteiger partial charge in [-0.05, 0) is 31.4 Å². The highest BCUT2D eigenvalue weighted by Crippen LogP contribution is 2.16. The van der Waals surface area contributed by atoms with Gasteiger partial charge in [0.25, 0.3) is 0 Å². The molecule has 0 aliphatic rings. The van der Waals surface area contributed by atoms with Gasteiger partial charge in [-0.15, -0.1) is 0 Å². The Morgan fingerprint density at radius 1 is 1.17 bits per heavy atom. The highest BCUT2D eigenvalue weighted by molar-refractivity contribution is 6.33. The molecule has 4 heteroatoms. The SMILES string of the molecule is COC(=O)C(=O)CCCCOc1ccccc1C. The summed E-state index contributed by atoms with van der Waals surface area (Å²) in [4.78, 5) is 22.0. The summed E-state index contributed by atoms with van der Waals surface area (Å²) >= 11 is 0. The third-order valence-electron chi connectivity index (χ3n) is 2.56. The number of carbonyl (C=O) groups is 2. The zero-order valence-electron chi connectivity index (χ0n) is 10.8. The molecular weight excluding hydrogens is 232 g/mol. The molecule has 0 aromatic heterocycles. The summed E-state index contributed by atoms with van der Waals surface area (Å²) in [6.45, 7) is 2.52. The minimum Gasteiger partial charge on any atom is -0.493 e. The van der Waals surface area contributed by atoms with Gasteiger partial charge in [-0.1, -0.05) is 18.2 Å². The van der Waals surface area contributed by atoms with E-state index in [-0.39, 0.29) is 6.42 Å². The van der Waals surface area contributed by atoms with E-state index in [1.165, 1.54) is 7.11 Å². The molecule has 0 atom stereocenters. The minimum absolute atomic E-state index is 0.212. The van der Waals surface area contributed by atoms with Crippen molar-refractivity contribution in [3.8, 4) is 5.75 Å². The van der Waals surface area contributed by atoms with Crippen molar-refractivity contribution in [1.82, 2.24) is 0 Å². The quantitative estimate of drug-likeness (QED) is 0.423. The van der Waals surface area contributed by atoms with Gasteiger partial charge in [-0.3, -0.25) is 4.79 Å². The zero-order chi connectivity index (χ0) is 13.4. The van der Waals surface area contributed by atoms with Crippen LogP contribution in [0.2, 0.25) is 0 Å². The second-order valence-corrected chi connectivity index (χ2v) is 3.99. The van der Waals surface area contributed by atoms with E-state index in [0.29, 0.717) is 13.0 Å². The lowest BCUT2D eigenvalue weighted by Crippen LogP contribution is -2.15. The Morgan fingerprint density at radius 3 is 2.56 bits per heavy atom. The van der Waals surface area contributed by atoms with E-state index in [1.807, 2.05) is 31.2 Å². The van der Waals surface area contributed by atoms with Crippen molar-refractivity contribution in [3.05, 3.63) is 29.8 Å². The van der Waals surface area contributed by atoms with Crippen LogP contribution in [0.25, 0.3) is 0 Å². The summed E-state index contributed by atoms with van der Waals surface area (Å²) in [6.07, 6.45) is 1.57. The molecule has 0 spiro atoms. The first-order valence-corrected chi connectivity index (χ1v) is 5.94. The smallest absolute Gasteiger partial charge is 0.374 e. The second kappa shape index (κ2) is 7.48. The molecule has 0 unspecified atom stereocenters. The molecule has 0 fully saturated rings. The lowest BCUT2D eigenvalue weighted by molar-refractivity contribution is -0.151. The number of Topliss-reactive ketones (excluding diaryl/α,β-unsaturated/α-hetero) is 1. The summed E-state index contributed by atoms with van der Waals surface area (Å²) in [5, 5.41) is 0. The average molecular weight is 250 g/mol. The Bertz CT molecular complexity index is 412. The number of rotatable bonds is 7. The van der Waals surface area contributed by atoms with Crippen LogP contribution in [-0.4, -0.2) is 25.5 Å². The average Bonchev–Trinajstić information content (AvgIpc) is 2.39. The largest absolute Gasteiger partial charge is 0.493 e. The molecule has 0 heterocycles. The summed E-state index contributed by atoms with van der Waals surface area (Å²) in [5.74, 6) is -0.389. The van der Waals surface area contributed by atoms with E-state index in [9.17, 15) is 9.59 Å². The van der Waals surface area contributed by atoms with Crippen LogP contribution in [0.4, 0.5) is 0 Å². The summed E-state index contributed by atoms with van der Waals surface area (Å²) in [6, 6.07) is 7.77. The molecule has 18 heavy (non-hydrogen) atoms. The molecule has 0 aliphatic carbocycles. The normalized spacial score (nSPS) is 9.89. The number of para-hydroxylation sites is 1. The molecular formula is C14H18O4. The number of hydrogen-bond acceptors (Lipinski definition) is 4.